The molecule has 1 aromatic carbocycles. The number of nitrogens with zero attached hydrogens (tertiary/aromatic N) is 1. The van der Waals surface area contributed by atoms with Gasteiger partial charge in [0, 0.05) is 16.7 Å². The highest BCUT2D eigenvalue weighted by Crippen LogP contribution is 2.16. The van der Waals surface area contributed by atoms with Gasteiger partial charge in [-0.2, -0.15) is 0 Å². The number of hydrogen-bond donors (Lipinski definition) is 0. The molecule has 0 atom stereocenters. The average molecular weight is 471 g/mol. The Balaban J connectivity index is 2.49. The molecule has 0 aliphatic heterocycles. The van der Waals surface area contributed by atoms with Gasteiger partial charge in [-0.3, -0.25) is 4.79 Å². The van der Waals surface area contributed by atoms with E-state index in [2.05, 4.69) is 41.3 Å². The van der Waals surface area contributed by atoms with Crippen LogP contribution in [0.1, 0.15) is 101 Å². The van der Waals surface area contributed by atoms with Crippen molar-refractivity contribution in [1.82, 2.24) is 4.90 Å². The molecule has 0 unspecified atom stereocenters. The Morgan fingerprint density at radius 3 is 1.73 bits per heavy atom. The third kappa shape index (κ3) is 9.94. The molecule has 0 saturated heterocycles. The first-order chi connectivity index (χ1) is 12.7. The van der Waals surface area contributed by atoms with E-state index in [9.17, 15) is 4.79 Å². The van der Waals surface area contributed by atoms with E-state index in [0.717, 1.165) is 35.1 Å². The van der Waals surface area contributed by atoms with Crippen LogP contribution in [0.25, 0.3) is 0 Å². The van der Waals surface area contributed by atoms with Crippen molar-refractivity contribution in [3.63, 3.8) is 0 Å². The van der Waals surface area contributed by atoms with Crippen LogP contribution in [0.2, 0.25) is 0 Å². The van der Waals surface area contributed by atoms with Gasteiger partial charge in [0.2, 0.25) is 0 Å². The number of amides is 1. The van der Waals surface area contributed by atoms with Crippen LogP contribution in [0.5, 0.6) is 0 Å². The third-order valence-electron chi connectivity index (χ3n) is 4.95. The second kappa shape index (κ2) is 15.5. The van der Waals surface area contributed by atoms with E-state index >= 15 is 0 Å². The summed E-state index contributed by atoms with van der Waals surface area (Å²) in [5.74, 6) is 0.220. The second-order valence-electron chi connectivity index (χ2n) is 7.31. The number of halogens is 1. The lowest BCUT2D eigenvalue weighted by Crippen LogP contribution is -2.33. The summed E-state index contributed by atoms with van der Waals surface area (Å²) < 4.78 is 1.06. The fraction of sp³-hybridized carbons (Fsp3) is 0.696. The van der Waals surface area contributed by atoms with Crippen LogP contribution in [-0.4, -0.2) is 23.9 Å². The second-order valence-corrected chi connectivity index (χ2v) is 8.47. The van der Waals surface area contributed by atoms with Crippen molar-refractivity contribution < 1.29 is 4.79 Å². The van der Waals surface area contributed by atoms with E-state index in [1.807, 2.05) is 24.3 Å². The van der Waals surface area contributed by atoms with E-state index < -0.39 is 0 Å². The number of rotatable bonds is 15. The minimum absolute atomic E-state index is 0.220. The molecular formula is C23H38INO. The Labute approximate surface area is 175 Å². The number of hydrogen-bond acceptors (Lipinski definition) is 1. The molecule has 0 bridgehead atoms. The van der Waals surface area contributed by atoms with Gasteiger partial charge < -0.3 is 4.90 Å². The molecule has 0 radical (unpaired) electrons. The van der Waals surface area contributed by atoms with Crippen molar-refractivity contribution in [1.29, 1.82) is 0 Å². The summed E-state index contributed by atoms with van der Waals surface area (Å²) in [6.45, 7) is 6.32. The van der Waals surface area contributed by atoms with E-state index in [1.54, 1.807) is 0 Å². The Bertz CT molecular complexity index is 473. The Morgan fingerprint density at radius 1 is 0.769 bits per heavy atom. The molecule has 1 aromatic rings. The van der Waals surface area contributed by atoms with Crippen LogP contribution in [0, 0.1) is 3.57 Å². The number of carbonyl (C=O) groups excluding carboxylic acids is 1. The third-order valence-corrected chi connectivity index (χ3v) is 5.90. The minimum atomic E-state index is 0.220. The van der Waals surface area contributed by atoms with Gasteiger partial charge in [-0.15, -0.1) is 0 Å². The first-order valence-electron chi connectivity index (χ1n) is 10.7. The largest absolute Gasteiger partial charge is 0.339 e. The summed E-state index contributed by atoms with van der Waals surface area (Å²) in [4.78, 5) is 15.1. The van der Waals surface area contributed by atoms with Gasteiger partial charge in [-0.1, -0.05) is 90.2 Å². The zero-order valence-electron chi connectivity index (χ0n) is 16.9. The number of carbonyl (C=O) groups is 1. The monoisotopic (exact) mass is 471 g/mol. The van der Waals surface area contributed by atoms with Crippen LogP contribution >= 0.6 is 22.6 Å². The average Bonchev–Trinajstić information content (AvgIpc) is 2.65. The maximum absolute atomic E-state index is 13.0. The summed E-state index contributed by atoms with van der Waals surface area (Å²) in [6, 6.07) is 7.98. The molecule has 0 heterocycles. The van der Waals surface area contributed by atoms with Crippen molar-refractivity contribution in [3.8, 4) is 0 Å². The topological polar surface area (TPSA) is 20.3 Å². The fourth-order valence-electron chi connectivity index (χ4n) is 3.29. The van der Waals surface area contributed by atoms with Crippen molar-refractivity contribution in [2.75, 3.05) is 13.1 Å². The first-order valence-corrected chi connectivity index (χ1v) is 11.8. The van der Waals surface area contributed by atoms with E-state index in [4.69, 9.17) is 0 Å². The zero-order chi connectivity index (χ0) is 19.0. The minimum Gasteiger partial charge on any atom is -0.339 e. The van der Waals surface area contributed by atoms with Gasteiger partial charge >= 0.3 is 0 Å². The molecule has 2 nitrogen and oxygen atoms in total. The summed E-state index contributed by atoms with van der Waals surface area (Å²) in [6.07, 6.45) is 15.3. The molecule has 0 aromatic heterocycles. The molecule has 148 valence electrons. The molecule has 0 saturated carbocycles. The highest BCUT2D eigenvalue weighted by atomic mass is 127. The van der Waals surface area contributed by atoms with Crippen LogP contribution in [-0.2, 0) is 0 Å². The van der Waals surface area contributed by atoms with Crippen LogP contribution < -0.4 is 0 Å². The number of benzene rings is 1. The maximum atomic E-state index is 13.0. The van der Waals surface area contributed by atoms with Crippen LogP contribution in [0.15, 0.2) is 24.3 Å². The maximum Gasteiger partial charge on any atom is 0.254 e. The van der Waals surface area contributed by atoms with Gasteiger partial charge in [0.15, 0.2) is 0 Å². The number of unbranched alkanes of at least 4 members (excludes halogenated alkanes) is 10. The smallest absolute Gasteiger partial charge is 0.254 e. The van der Waals surface area contributed by atoms with Gasteiger partial charge in [0.1, 0.15) is 0 Å². The van der Waals surface area contributed by atoms with E-state index in [-0.39, 0.29) is 5.91 Å². The molecule has 0 spiro atoms. The predicted molar refractivity (Wildman–Crippen MR) is 122 cm³/mol. The molecule has 1 amide bonds. The summed E-state index contributed by atoms with van der Waals surface area (Å²) >= 11 is 2.28. The fourth-order valence-corrected chi connectivity index (χ4v) is 3.90. The van der Waals surface area contributed by atoms with Gasteiger partial charge in [0.05, 0.1) is 5.56 Å². The molecule has 3 heteroatoms. The lowest BCUT2D eigenvalue weighted by atomic mass is 10.1. The van der Waals surface area contributed by atoms with Crippen molar-refractivity contribution >= 4 is 28.5 Å². The van der Waals surface area contributed by atoms with Gasteiger partial charge in [-0.05, 0) is 47.6 Å². The summed E-state index contributed by atoms with van der Waals surface area (Å²) in [5.41, 5.74) is 0.866. The molecule has 0 fully saturated rings. The first kappa shape index (κ1) is 23.5. The van der Waals surface area contributed by atoms with E-state index in [0.29, 0.717) is 0 Å². The van der Waals surface area contributed by atoms with Crippen molar-refractivity contribution in [2.24, 2.45) is 0 Å². The Kier molecular flexibility index (Phi) is 14.0. The molecule has 0 N–H and O–H groups in total. The highest BCUT2D eigenvalue weighted by Gasteiger charge is 2.17. The Hall–Kier alpha value is -0.580. The molecule has 0 aliphatic rings. The zero-order valence-corrected chi connectivity index (χ0v) is 19.1. The van der Waals surface area contributed by atoms with Gasteiger partial charge in [0.25, 0.3) is 5.91 Å². The quantitative estimate of drug-likeness (QED) is 0.192. The normalized spacial score (nSPS) is 10.9. The summed E-state index contributed by atoms with van der Waals surface area (Å²) in [7, 11) is 0. The lowest BCUT2D eigenvalue weighted by Gasteiger charge is -2.23. The van der Waals surface area contributed by atoms with Crippen LogP contribution in [0.3, 0.4) is 0 Å². The highest BCUT2D eigenvalue weighted by molar-refractivity contribution is 14.1. The standard InChI is InChI=1S/C23H38INO/c1-3-5-7-9-11-15-19-25(20-16-12-10-8-6-4-2)23(26)21-17-13-14-18-22(21)24/h13-14,17-18H,3-12,15-16,19-20H2,1-2H3. The Morgan fingerprint density at radius 2 is 1.23 bits per heavy atom. The SMILES string of the molecule is CCCCCCCCN(CCCCCCCC)C(=O)c1ccccc1I. The molecule has 0 aliphatic carbocycles. The molecular weight excluding hydrogens is 433 g/mol. The molecule has 1 rings (SSSR count). The summed E-state index contributed by atoms with van der Waals surface area (Å²) in [5, 5.41) is 0. The predicted octanol–water partition coefficient (Wildman–Crippen LogP) is 7.45. The van der Waals surface area contributed by atoms with Gasteiger partial charge in [-0.25, -0.2) is 0 Å². The van der Waals surface area contributed by atoms with Crippen molar-refractivity contribution in [2.45, 2.75) is 90.9 Å². The lowest BCUT2D eigenvalue weighted by molar-refractivity contribution is 0.0748. The van der Waals surface area contributed by atoms with Crippen molar-refractivity contribution in [3.05, 3.63) is 33.4 Å². The van der Waals surface area contributed by atoms with Crippen LogP contribution in [0.4, 0.5) is 0 Å². The molecule has 26 heavy (non-hydrogen) atoms. The van der Waals surface area contributed by atoms with E-state index in [1.165, 1.54) is 64.2 Å².